The van der Waals surface area contributed by atoms with Gasteiger partial charge in [-0.25, -0.2) is 9.97 Å². The van der Waals surface area contributed by atoms with E-state index in [1.165, 1.54) is 12.8 Å². The first-order valence-electron chi connectivity index (χ1n) is 7.16. The van der Waals surface area contributed by atoms with Crippen molar-refractivity contribution in [2.24, 2.45) is 0 Å². The van der Waals surface area contributed by atoms with E-state index in [-0.39, 0.29) is 0 Å². The van der Waals surface area contributed by atoms with Crippen molar-refractivity contribution in [1.29, 1.82) is 0 Å². The fraction of sp³-hybridized carbons (Fsp3) is 0.571. The number of nitrogens with one attached hydrogen (secondary N) is 2. The molecule has 2 rings (SSSR count). The van der Waals surface area contributed by atoms with Crippen LogP contribution in [0.3, 0.4) is 0 Å². The van der Waals surface area contributed by atoms with Gasteiger partial charge in [0.1, 0.15) is 5.82 Å². The van der Waals surface area contributed by atoms with Gasteiger partial charge in [0, 0.05) is 25.5 Å². The molecule has 2 aromatic heterocycles. The van der Waals surface area contributed by atoms with Crippen molar-refractivity contribution >= 4 is 17.3 Å². The van der Waals surface area contributed by atoms with E-state index in [9.17, 15) is 0 Å². The summed E-state index contributed by atoms with van der Waals surface area (Å²) in [6.07, 6.45) is 10.5. The van der Waals surface area contributed by atoms with Crippen molar-refractivity contribution in [3.05, 3.63) is 18.6 Å². The lowest BCUT2D eigenvalue weighted by atomic mass is 10.2. The van der Waals surface area contributed by atoms with Crippen LogP contribution in [-0.2, 0) is 0 Å². The summed E-state index contributed by atoms with van der Waals surface area (Å²) in [6.45, 7) is 6.23. The monoisotopic (exact) mass is 261 g/mol. The lowest BCUT2D eigenvalue weighted by Gasteiger charge is -2.10. The van der Waals surface area contributed by atoms with Gasteiger partial charge in [0.25, 0.3) is 0 Å². The molecule has 0 bridgehead atoms. The number of imidazole rings is 1. The van der Waals surface area contributed by atoms with E-state index in [0.717, 1.165) is 43.2 Å². The molecule has 0 aliphatic carbocycles. The number of anilines is 2. The first-order valence-corrected chi connectivity index (χ1v) is 7.16. The zero-order chi connectivity index (χ0) is 13.5. The van der Waals surface area contributed by atoms with Crippen LogP contribution in [-0.4, -0.2) is 27.5 Å². The van der Waals surface area contributed by atoms with Crippen molar-refractivity contribution in [2.45, 2.75) is 39.5 Å². The maximum absolute atomic E-state index is 4.60. The zero-order valence-electron chi connectivity index (χ0n) is 11.8. The van der Waals surface area contributed by atoms with Crippen molar-refractivity contribution in [2.75, 3.05) is 23.7 Å². The number of hydrogen-bond acceptors (Lipinski definition) is 4. The molecule has 0 radical (unpaired) electrons. The second kappa shape index (κ2) is 6.97. The number of aromatic nitrogens is 3. The van der Waals surface area contributed by atoms with E-state index in [2.05, 4.69) is 34.4 Å². The Morgan fingerprint density at radius 3 is 2.79 bits per heavy atom. The molecule has 5 nitrogen and oxygen atoms in total. The second-order valence-corrected chi connectivity index (χ2v) is 4.69. The van der Waals surface area contributed by atoms with E-state index < -0.39 is 0 Å². The molecule has 0 spiro atoms. The zero-order valence-corrected chi connectivity index (χ0v) is 11.8. The Bertz CT molecular complexity index is 506. The molecule has 0 aliphatic rings. The topological polar surface area (TPSA) is 54.2 Å². The van der Waals surface area contributed by atoms with E-state index in [1.807, 2.05) is 16.8 Å². The summed E-state index contributed by atoms with van der Waals surface area (Å²) in [7, 11) is 0. The molecule has 0 atom stereocenters. The molecule has 0 saturated heterocycles. The van der Waals surface area contributed by atoms with Gasteiger partial charge in [-0.3, -0.25) is 0 Å². The average Bonchev–Trinajstić information content (AvgIpc) is 2.89. The summed E-state index contributed by atoms with van der Waals surface area (Å²) in [5.74, 6) is 1.76. The standard InChI is InChI=1S/C14H23N5/c1-3-5-6-8-16-13-14-17-9-10-19(14)11-12(18-13)15-7-4-2/h9-11,15H,3-8H2,1-2H3,(H,16,18). The molecule has 0 amide bonds. The third kappa shape index (κ3) is 3.59. The molecule has 2 aromatic rings. The van der Waals surface area contributed by atoms with Crippen molar-refractivity contribution in [1.82, 2.24) is 14.4 Å². The van der Waals surface area contributed by atoms with Crippen molar-refractivity contribution in [3.63, 3.8) is 0 Å². The maximum atomic E-state index is 4.60. The van der Waals surface area contributed by atoms with Crippen LogP contribution in [0.25, 0.3) is 5.65 Å². The van der Waals surface area contributed by atoms with Crippen LogP contribution >= 0.6 is 0 Å². The minimum atomic E-state index is 0.863. The maximum Gasteiger partial charge on any atom is 0.180 e. The third-order valence-electron chi connectivity index (χ3n) is 3.00. The van der Waals surface area contributed by atoms with Crippen molar-refractivity contribution < 1.29 is 0 Å². The highest BCUT2D eigenvalue weighted by Gasteiger charge is 2.06. The molecule has 0 aliphatic heterocycles. The lowest BCUT2D eigenvalue weighted by Crippen LogP contribution is -2.09. The molecule has 5 heteroatoms. The number of fused-ring (bicyclic) bond motifs is 1. The minimum absolute atomic E-state index is 0.863. The van der Waals surface area contributed by atoms with Crippen LogP contribution in [0.5, 0.6) is 0 Å². The molecule has 0 fully saturated rings. The highest BCUT2D eigenvalue weighted by atomic mass is 15.1. The quantitative estimate of drug-likeness (QED) is 0.717. The van der Waals surface area contributed by atoms with E-state index in [4.69, 9.17) is 0 Å². The Morgan fingerprint density at radius 2 is 2.00 bits per heavy atom. The smallest absolute Gasteiger partial charge is 0.180 e. The Morgan fingerprint density at radius 1 is 1.11 bits per heavy atom. The van der Waals surface area contributed by atoms with Gasteiger partial charge >= 0.3 is 0 Å². The summed E-state index contributed by atoms with van der Waals surface area (Å²) < 4.78 is 2.01. The highest BCUT2D eigenvalue weighted by molar-refractivity contribution is 5.65. The van der Waals surface area contributed by atoms with Crippen LogP contribution in [0.2, 0.25) is 0 Å². The van der Waals surface area contributed by atoms with Gasteiger partial charge in [0.15, 0.2) is 11.5 Å². The average molecular weight is 261 g/mol. The molecule has 0 aromatic carbocycles. The van der Waals surface area contributed by atoms with Crippen LogP contribution in [0, 0.1) is 0 Å². The van der Waals surface area contributed by atoms with Gasteiger partial charge in [-0.15, -0.1) is 0 Å². The van der Waals surface area contributed by atoms with Crippen LogP contribution in [0.15, 0.2) is 18.6 Å². The first-order chi connectivity index (χ1) is 9.35. The Hall–Kier alpha value is -1.78. The van der Waals surface area contributed by atoms with Gasteiger partial charge in [0.05, 0.1) is 6.20 Å². The van der Waals surface area contributed by atoms with Gasteiger partial charge in [-0.05, 0) is 12.8 Å². The normalized spacial score (nSPS) is 10.8. The first kappa shape index (κ1) is 13.6. The predicted octanol–water partition coefficient (Wildman–Crippen LogP) is 3.15. The van der Waals surface area contributed by atoms with Crippen LogP contribution in [0.1, 0.15) is 39.5 Å². The highest BCUT2D eigenvalue weighted by Crippen LogP contribution is 2.16. The van der Waals surface area contributed by atoms with E-state index in [1.54, 1.807) is 6.20 Å². The molecule has 0 saturated carbocycles. The SMILES string of the molecule is CCCCCNc1nc(NCCC)cn2ccnc12. The number of unbranched alkanes of at least 4 members (excludes halogenated alkanes) is 2. The predicted molar refractivity (Wildman–Crippen MR) is 79.8 cm³/mol. The number of nitrogens with zero attached hydrogens (tertiary/aromatic N) is 3. The van der Waals surface area contributed by atoms with Crippen molar-refractivity contribution in [3.8, 4) is 0 Å². The molecule has 104 valence electrons. The largest absolute Gasteiger partial charge is 0.369 e. The second-order valence-electron chi connectivity index (χ2n) is 4.69. The van der Waals surface area contributed by atoms with Gasteiger partial charge in [-0.2, -0.15) is 0 Å². The van der Waals surface area contributed by atoms with Gasteiger partial charge in [0.2, 0.25) is 0 Å². The van der Waals surface area contributed by atoms with Gasteiger partial charge < -0.3 is 15.0 Å². The number of rotatable bonds is 8. The summed E-state index contributed by atoms with van der Waals surface area (Å²) in [5.41, 5.74) is 0.888. The molecule has 0 unspecified atom stereocenters. The van der Waals surface area contributed by atoms with E-state index >= 15 is 0 Å². The summed E-state index contributed by atoms with van der Waals surface area (Å²) in [4.78, 5) is 8.95. The summed E-state index contributed by atoms with van der Waals surface area (Å²) in [6, 6.07) is 0. The van der Waals surface area contributed by atoms with Crippen LogP contribution < -0.4 is 10.6 Å². The Labute approximate surface area is 114 Å². The fourth-order valence-electron chi connectivity index (χ4n) is 1.97. The molecular formula is C14H23N5. The van der Waals surface area contributed by atoms with Gasteiger partial charge in [-0.1, -0.05) is 26.7 Å². The van der Waals surface area contributed by atoms with Crippen LogP contribution in [0.4, 0.5) is 11.6 Å². The Kier molecular flexibility index (Phi) is 5.01. The molecule has 2 heterocycles. The Balaban J connectivity index is 2.12. The minimum Gasteiger partial charge on any atom is -0.369 e. The third-order valence-corrected chi connectivity index (χ3v) is 3.00. The molecule has 19 heavy (non-hydrogen) atoms. The fourth-order valence-corrected chi connectivity index (χ4v) is 1.97. The van der Waals surface area contributed by atoms with E-state index in [0.29, 0.717) is 0 Å². The molecule has 2 N–H and O–H groups in total. The lowest BCUT2D eigenvalue weighted by molar-refractivity contribution is 0.742. The summed E-state index contributed by atoms with van der Waals surface area (Å²) in [5, 5.41) is 6.71. The number of hydrogen-bond donors (Lipinski definition) is 2. The summed E-state index contributed by atoms with van der Waals surface area (Å²) >= 11 is 0. The molecular weight excluding hydrogens is 238 g/mol.